The predicted octanol–water partition coefficient (Wildman–Crippen LogP) is 3.39. The van der Waals surface area contributed by atoms with Crippen molar-refractivity contribution in [3.63, 3.8) is 0 Å². The summed E-state index contributed by atoms with van der Waals surface area (Å²) in [4.78, 5) is 0. The van der Waals surface area contributed by atoms with Crippen LogP contribution in [0.2, 0.25) is 5.02 Å². The highest BCUT2D eigenvalue weighted by atomic mass is 35.5. The maximum Gasteiger partial charge on any atom is 0.125 e. The molecule has 0 fully saturated rings. The first-order chi connectivity index (χ1) is 8.22. The standard InChI is InChI=1S/C13H19ClFNO/c1-2-3-5-17-6-4-16-10-11-7-12(14)9-13(15)8-11/h7-9,16H,2-6,10H2,1H3. The van der Waals surface area contributed by atoms with E-state index in [0.717, 1.165) is 31.6 Å². The second kappa shape index (κ2) is 8.45. The van der Waals surface area contributed by atoms with Crippen molar-refractivity contribution in [3.8, 4) is 0 Å². The van der Waals surface area contributed by atoms with Gasteiger partial charge in [-0.1, -0.05) is 24.9 Å². The molecule has 0 aliphatic rings. The lowest BCUT2D eigenvalue weighted by Crippen LogP contribution is -2.19. The summed E-state index contributed by atoms with van der Waals surface area (Å²) in [7, 11) is 0. The van der Waals surface area contributed by atoms with Gasteiger partial charge in [0.2, 0.25) is 0 Å². The van der Waals surface area contributed by atoms with Crippen molar-refractivity contribution in [3.05, 3.63) is 34.6 Å². The highest BCUT2D eigenvalue weighted by Crippen LogP contribution is 2.13. The maximum absolute atomic E-state index is 13.0. The first-order valence-corrected chi connectivity index (χ1v) is 6.33. The van der Waals surface area contributed by atoms with Crippen LogP contribution in [-0.2, 0) is 11.3 Å². The molecule has 1 aromatic rings. The van der Waals surface area contributed by atoms with Gasteiger partial charge in [-0.2, -0.15) is 0 Å². The quantitative estimate of drug-likeness (QED) is 0.723. The van der Waals surface area contributed by atoms with Crippen LogP contribution in [0.3, 0.4) is 0 Å². The molecule has 0 unspecified atom stereocenters. The van der Waals surface area contributed by atoms with Gasteiger partial charge in [-0.25, -0.2) is 4.39 Å². The van der Waals surface area contributed by atoms with Gasteiger partial charge in [0.25, 0.3) is 0 Å². The van der Waals surface area contributed by atoms with E-state index in [9.17, 15) is 4.39 Å². The first-order valence-electron chi connectivity index (χ1n) is 5.96. The highest BCUT2D eigenvalue weighted by molar-refractivity contribution is 6.30. The molecule has 4 heteroatoms. The lowest BCUT2D eigenvalue weighted by molar-refractivity contribution is 0.133. The van der Waals surface area contributed by atoms with Crippen LogP contribution in [0.5, 0.6) is 0 Å². The lowest BCUT2D eigenvalue weighted by Gasteiger charge is -2.06. The fourth-order valence-electron chi connectivity index (χ4n) is 1.44. The van der Waals surface area contributed by atoms with Gasteiger partial charge < -0.3 is 10.1 Å². The van der Waals surface area contributed by atoms with E-state index in [1.54, 1.807) is 6.07 Å². The summed E-state index contributed by atoms with van der Waals surface area (Å²) in [6.45, 7) is 4.99. The molecule has 96 valence electrons. The zero-order valence-corrected chi connectivity index (χ0v) is 10.9. The number of ether oxygens (including phenoxy) is 1. The highest BCUT2D eigenvalue weighted by Gasteiger charge is 1.98. The van der Waals surface area contributed by atoms with E-state index in [1.165, 1.54) is 12.1 Å². The Morgan fingerprint density at radius 3 is 2.82 bits per heavy atom. The molecular weight excluding hydrogens is 241 g/mol. The molecule has 0 aliphatic heterocycles. The Morgan fingerprint density at radius 1 is 1.29 bits per heavy atom. The largest absolute Gasteiger partial charge is 0.380 e. The van der Waals surface area contributed by atoms with Crippen LogP contribution in [0.4, 0.5) is 4.39 Å². The number of hydrogen-bond acceptors (Lipinski definition) is 2. The molecule has 0 saturated heterocycles. The number of halogens is 2. The third kappa shape index (κ3) is 6.61. The molecular formula is C13H19ClFNO. The van der Waals surface area contributed by atoms with Gasteiger partial charge in [0.1, 0.15) is 5.82 Å². The van der Waals surface area contributed by atoms with Gasteiger partial charge in [0.05, 0.1) is 6.61 Å². The molecule has 17 heavy (non-hydrogen) atoms. The Labute approximate surface area is 107 Å². The maximum atomic E-state index is 13.0. The molecule has 0 aliphatic carbocycles. The summed E-state index contributed by atoms with van der Waals surface area (Å²) < 4.78 is 18.4. The molecule has 0 saturated carbocycles. The Kier molecular flexibility index (Phi) is 7.17. The predicted molar refractivity (Wildman–Crippen MR) is 68.8 cm³/mol. The van der Waals surface area contributed by atoms with Gasteiger partial charge in [-0.3, -0.25) is 0 Å². The van der Waals surface area contributed by atoms with Crippen molar-refractivity contribution in [1.82, 2.24) is 5.32 Å². The fraction of sp³-hybridized carbons (Fsp3) is 0.538. The molecule has 0 radical (unpaired) electrons. The molecule has 0 amide bonds. The van der Waals surface area contributed by atoms with Crippen molar-refractivity contribution in [1.29, 1.82) is 0 Å². The first kappa shape index (κ1) is 14.4. The van der Waals surface area contributed by atoms with E-state index in [4.69, 9.17) is 16.3 Å². The van der Waals surface area contributed by atoms with E-state index in [2.05, 4.69) is 12.2 Å². The number of unbranched alkanes of at least 4 members (excludes halogenated alkanes) is 1. The Hall–Kier alpha value is -0.640. The second-order valence-corrected chi connectivity index (χ2v) is 4.36. The van der Waals surface area contributed by atoms with Crippen molar-refractivity contribution in [2.45, 2.75) is 26.3 Å². The van der Waals surface area contributed by atoms with Crippen LogP contribution >= 0.6 is 11.6 Å². The molecule has 0 bridgehead atoms. The SMILES string of the molecule is CCCCOCCNCc1cc(F)cc(Cl)c1. The Balaban J connectivity index is 2.13. The van der Waals surface area contributed by atoms with Crippen molar-refractivity contribution >= 4 is 11.6 Å². The van der Waals surface area contributed by atoms with Crippen LogP contribution in [0.15, 0.2) is 18.2 Å². The van der Waals surface area contributed by atoms with Gasteiger partial charge in [-0.15, -0.1) is 0 Å². The van der Waals surface area contributed by atoms with Gasteiger partial charge >= 0.3 is 0 Å². The zero-order valence-electron chi connectivity index (χ0n) is 10.1. The van der Waals surface area contributed by atoms with Crippen molar-refractivity contribution in [2.24, 2.45) is 0 Å². The van der Waals surface area contributed by atoms with E-state index in [0.29, 0.717) is 18.2 Å². The number of benzene rings is 1. The number of nitrogens with one attached hydrogen (secondary N) is 1. The van der Waals surface area contributed by atoms with E-state index in [1.807, 2.05) is 0 Å². The average molecular weight is 260 g/mol. The fourth-order valence-corrected chi connectivity index (χ4v) is 1.68. The van der Waals surface area contributed by atoms with E-state index in [-0.39, 0.29) is 5.82 Å². The minimum absolute atomic E-state index is 0.298. The summed E-state index contributed by atoms with van der Waals surface area (Å²) in [6.07, 6.45) is 2.24. The molecule has 1 rings (SSSR count). The van der Waals surface area contributed by atoms with E-state index < -0.39 is 0 Å². The van der Waals surface area contributed by atoms with Crippen molar-refractivity contribution in [2.75, 3.05) is 19.8 Å². The monoisotopic (exact) mass is 259 g/mol. The smallest absolute Gasteiger partial charge is 0.125 e. The van der Waals surface area contributed by atoms with Crippen molar-refractivity contribution < 1.29 is 9.13 Å². The zero-order chi connectivity index (χ0) is 12.5. The Morgan fingerprint density at radius 2 is 2.12 bits per heavy atom. The molecule has 0 heterocycles. The van der Waals surface area contributed by atoms with Gasteiger partial charge in [0.15, 0.2) is 0 Å². The van der Waals surface area contributed by atoms with Crippen LogP contribution in [0.25, 0.3) is 0 Å². The lowest BCUT2D eigenvalue weighted by atomic mass is 10.2. The third-order valence-electron chi connectivity index (χ3n) is 2.32. The number of rotatable bonds is 8. The second-order valence-electron chi connectivity index (χ2n) is 3.92. The van der Waals surface area contributed by atoms with Gasteiger partial charge in [0, 0.05) is 24.7 Å². The summed E-state index contributed by atoms with van der Waals surface area (Å²) in [6, 6.07) is 4.55. The molecule has 1 aromatic carbocycles. The molecule has 1 N–H and O–H groups in total. The third-order valence-corrected chi connectivity index (χ3v) is 2.54. The minimum Gasteiger partial charge on any atom is -0.380 e. The van der Waals surface area contributed by atoms with Crippen LogP contribution in [0, 0.1) is 5.82 Å². The Bertz CT molecular complexity index is 313. The van der Waals surface area contributed by atoms with Gasteiger partial charge in [-0.05, 0) is 30.2 Å². The average Bonchev–Trinajstić information content (AvgIpc) is 2.26. The number of hydrogen-bond donors (Lipinski definition) is 1. The summed E-state index contributed by atoms with van der Waals surface area (Å²) in [5.41, 5.74) is 0.851. The van der Waals surface area contributed by atoms with Crippen LogP contribution in [-0.4, -0.2) is 19.8 Å². The summed E-state index contributed by atoms with van der Waals surface area (Å²) >= 11 is 5.75. The molecule has 2 nitrogen and oxygen atoms in total. The molecule has 0 spiro atoms. The molecule has 0 aromatic heterocycles. The minimum atomic E-state index is -0.298. The topological polar surface area (TPSA) is 21.3 Å². The normalized spacial score (nSPS) is 10.8. The summed E-state index contributed by atoms with van der Waals surface area (Å²) in [5.74, 6) is -0.298. The summed E-state index contributed by atoms with van der Waals surface area (Å²) in [5, 5.41) is 3.61. The van der Waals surface area contributed by atoms with Crippen LogP contribution in [0.1, 0.15) is 25.3 Å². The van der Waals surface area contributed by atoms with Crippen LogP contribution < -0.4 is 5.32 Å². The van der Waals surface area contributed by atoms with E-state index >= 15 is 0 Å². The molecule has 0 atom stereocenters.